The zero-order valence-corrected chi connectivity index (χ0v) is 24.1. The molecule has 6 nitrogen and oxygen atoms in total. The number of unbranched alkanes of at least 4 members (excludes halogenated alkanes) is 1. The van der Waals surface area contributed by atoms with Crippen molar-refractivity contribution in [1.29, 1.82) is 0 Å². The summed E-state index contributed by atoms with van der Waals surface area (Å²) in [6.07, 6.45) is 2.01. The van der Waals surface area contributed by atoms with Crippen molar-refractivity contribution in [1.82, 2.24) is 4.90 Å². The number of carbonyl (C=O) groups is 3. The Morgan fingerprint density at radius 2 is 1.44 bits per heavy atom. The molecule has 0 atom stereocenters. The van der Waals surface area contributed by atoms with Gasteiger partial charge in [-0.05, 0) is 71.3 Å². The number of amides is 3. The summed E-state index contributed by atoms with van der Waals surface area (Å²) < 4.78 is 5.77. The number of imide groups is 1. The van der Waals surface area contributed by atoms with E-state index >= 15 is 0 Å². The Kier molecular flexibility index (Phi) is 7.93. The molecule has 0 N–H and O–H groups in total. The van der Waals surface area contributed by atoms with E-state index in [0.717, 1.165) is 23.8 Å². The van der Waals surface area contributed by atoms with Gasteiger partial charge < -0.3 is 9.64 Å². The maximum Gasteiger partial charge on any atom is 0.261 e. The van der Waals surface area contributed by atoms with Crippen LogP contribution in [0.15, 0.2) is 84.9 Å². The highest BCUT2D eigenvalue weighted by atomic mass is 16.5. The summed E-state index contributed by atoms with van der Waals surface area (Å²) in [5.74, 6) is -0.187. The molecule has 0 fully saturated rings. The number of anilines is 1. The lowest BCUT2D eigenvalue weighted by Crippen LogP contribution is -2.46. The summed E-state index contributed by atoms with van der Waals surface area (Å²) in [6, 6.07) is 26.0. The highest BCUT2D eigenvalue weighted by Gasteiger charge is 2.33. The first-order valence-corrected chi connectivity index (χ1v) is 14.2. The molecule has 0 aliphatic carbocycles. The Hall–Kier alpha value is -4.45. The average Bonchev–Trinajstić information content (AvgIpc) is 2.97. The fourth-order valence-corrected chi connectivity index (χ4v) is 5.16. The van der Waals surface area contributed by atoms with Crippen molar-refractivity contribution in [3.63, 3.8) is 0 Å². The minimum absolute atomic E-state index is 0.0397. The molecular formula is C35H36N2O4. The number of hydrogen-bond acceptors (Lipinski definition) is 4. The third-order valence-corrected chi connectivity index (χ3v) is 7.56. The molecule has 0 radical (unpaired) electrons. The van der Waals surface area contributed by atoms with Gasteiger partial charge in [-0.3, -0.25) is 19.3 Å². The van der Waals surface area contributed by atoms with E-state index in [1.165, 1.54) is 4.90 Å². The highest BCUT2D eigenvalue weighted by molar-refractivity contribution is 6.25. The van der Waals surface area contributed by atoms with Crippen LogP contribution in [0.1, 0.15) is 77.2 Å². The number of ether oxygens (including phenoxy) is 1. The summed E-state index contributed by atoms with van der Waals surface area (Å²) in [6.45, 7) is 9.37. The topological polar surface area (TPSA) is 66.9 Å². The quantitative estimate of drug-likeness (QED) is 0.163. The lowest BCUT2D eigenvalue weighted by Gasteiger charge is -2.30. The second-order valence-electron chi connectivity index (χ2n) is 11.5. The standard InChI is InChI=1S/C35H36N2O4/c1-5-6-23-41-28-19-13-25(14-20-28)32(38)36(27-17-15-26(16-18-27)35(2,3)4)21-22-37-33(39)29-11-7-9-24-10-8-12-30(31(24)29)34(37)40/h7-20H,5-6,21-23H2,1-4H3. The van der Waals surface area contributed by atoms with E-state index in [1.54, 1.807) is 41.3 Å². The van der Waals surface area contributed by atoms with Gasteiger partial charge in [0, 0.05) is 40.9 Å². The Labute approximate surface area is 241 Å². The monoisotopic (exact) mass is 548 g/mol. The first-order valence-electron chi connectivity index (χ1n) is 14.2. The van der Waals surface area contributed by atoms with Crippen LogP contribution in [0.2, 0.25) is 0 Å². The molecule has 1 aliphatic heterocycles. The molecule has 1 aliphatic rings. The van der Waals surface area contributed by atoms with Gasteiger partial charge in [0.2, 0.25) is 0 Å². The highest BCUT2D eigenvalue weighted by Crippen LogP contribution is 2.31. The molecule has 0 saturated heterocycles. The Balaban J connectivity index is 1.42. The van der Waals surface area contributed by atoms with Gasteiger partial charge in [-0.2, -0.15) is 0 Å². The Morgan fingerprint density at radius 3 is 2.00 bits per heavy atom. The van der Waals surface area contributed by atoms with E-state index in [9.17, 15) is 14.4 Å². The Bertz CT molecular complexity index is 1530. The van der Waals surface area contributed by atoms with E-state index in [0.29, 0.717) is 40.1 Å². The third-order valence-electron chi connectivity index (χ3n) is 7.56. The second kappa shape index (κ2) is 11.6. The minimum Gasteiger partial charge on any atom is -0.494 e. The van der Waals surface area contributed by atoms with Gasteiger partial charge in [-0.25, -0.2) is 0 Å². The van der Waals surface area contributed by atoms with E-state index in [4.69, 9.17) is 4.74 Å². The predicted molar refractivity (Wildman–Crippen MR) is 163 cm³/mol. The van der Waals surface area contributed by atoms with Gasteiger partial charge in [0.15, 0.2) is 0 Å². The van der Waals surface area contributed by atoms with Crippen molar-refractivity contribution in [2.24, 2.45) is 0 Å². The maximum atomic E-state index is 13.9. The number of rotatable bonds is 9. The number of benzene rings is 4. The van der Waals surface area contributed by atoms with Crippen LogP contribution in [-0.2, 0) is 5.41 Å². The normalized spacial score (nSPS) is 13.0. The van der Waals surface area contributed by atoms with Crippen molar-refractivity contribution in [3.8, 4) is 5.75 Å². The molecule has 210 valence electrons. The van der Waals surface area contributed by atoms with E-state index < -0.39 is 0 Å². The number of nitrogens with zero attached hydrogens (tertiary/aromatic N) is 2. The number of hydrogen-bond donors (Lipinski definition) is 0. The van der Waals surface area contributed by atoms with E-state index in [2.05, 4.69) is 27.7 Å². The number of carbonyl (C=O) groups excluding carboxylic acids is 3. The summed E-state index contributed by atoms with van der Waals surface area (Å²) in [4.78, 5) is 43.8. The minimum atomic E-state index is -0.344. The van der Waals surface area contributed by atoms with Crippen LogP contribution in [0.5, 0.6) is 5.75 Å². The fraction of sp³-hybridized carbons (Fsp3) is 0.286. The first-order chi connectivity index (χ1) is 19.7. The SMILES string of the molecule is CCCCOc1ccc(C(=O)N(CCN2C(=O)c3cccc4cccc(c34)C2=O)c2ccc(C(C)(C)C)cc2)cc1. The summed E-state index contributed by atoms with van der Waals surface area (Å²) >= 11 is 0. The van der Waals surface area contributed by atoms with E-state index in [-0.39, 0.29) is 36.2 Å². The molecule has 6 heteroatoms. The molecule has 0 saturated carbocycles. The van der Waals surface area contributed by atoms with Gasteiger partial charge in [-0.15, -0.1) is 0 Å². The molecule has 1 heterocycles. The van der Waals surface area contributed by atoms with Crippen LogP contribution in [0, 0.1) is 0 Å². The smallest absolute Gasteiger partial charge is 0.261 e. The van der Waals surface area contributed by atoms with Crippen LogP contribution < -0.4 is 9.64 Å². The lowest BCUT2D eigenvalue weighted by molar-refractivity contribution is 0.0611. The molecule has 0 aromatic heterocycles. The van der Waals surface area contributed by atoms with Crippen LogP contribution >= 0.6 is 0 Å². The van der Waals surface area contributed by atoms with Crippen molar-refractivity contribution >= 4 is 34.2 Å². The largest absolute Gasteiger partial charge is 0.494 e. The molecule has 0 bridgehead atoms. The molecule has 3 amide bonds. The fourth-order valence-electron chi connectivity index (χ4n) is 5.16. The van der Waals surface area contributed by atoms with Gasteiger partial charge >= 0.3 is 0 Å². The van der Waals surface area contributed by atoms with Crippen LogP contribution in [0.4, 0.5) is 5.69 Å². The van der Waals surface area contributed by atoms with Gasteiger partial charge in [0.25, 0.3) is 17.7 Å². The van der Waals surface area contributed by atoms with Crippen molar-refractivity contribution in [3.05, 3.63) is 107 Å². The third kappa shape index (κ3) is 5.73. The van der Waals surface area contributed by atoms with Gasteiger partial charge in [-0.1, -0.05) is 70.5 Å². The van der Waals surface area contributed by atoms with Crippen molar-refractivity contribution < 1.29 is 19.1 Å². The molecular weight excluding hydrogens is 512 g/mol. The maximum absolute atomic E-state index is 13.9. The molecule has 4 aromatic rings. The predicted octanol–water partition coefficient (Wildman–Crippen LogP) is 7.26. The second-order valence-corrected chi connectivity index (χ2v) is 11.5. The van der Waals surface area contributed by atoms with Crippen molar-refractivity contribution in [2.45, 2.75) is 46.0 Å². The van der Waals surface area contributed by atoms with E-state index in [1.807, 2.05) is 48.5 Å². The van der Waals surface area contributed by atoms with Crippen LogP contribution in [-0.4, -0.2) is 42.3 Å². The Morgan fingerprint density at radius 1 is 0.829 bits per heavy atom. The average molecular weight is 549 g/mol. The molecule has 5 rings (SSSR count). The molecule has 0 spiro atoms. The van der Waals surface area contributed by atoms with Crippen molar-refractivity contribution in [2.75, 3.05) is 24.6 Å². The van der Waals surface area contributed by atoms with Crippen LogP contribution in [0.25, 0.3) is 10.8 Å². The lowest BCUT2D eigenvalue weighted by atomic mass is 9.87. The summed E-state index contributed by atoms with van der Waals surface area (Å²) in [5.41, 5.74) is 3.31. The first kappa shape index (κ1) is 28.1. The van der Waals surface area contributed by atoms with Crippen LogP contribution in [0.3, 0.4) is 0 Å². The summed E-state index contributed by atoms with van der Waals surface area (Å²) in [5, 5.41) is 1.55. The van der Waals surface area contributed by atoms with Gasteiger partial charge in [0.1, 0.15) is 5.75 Å². The molecule has 0 unspecified atom stereocenters. The molecule has 41 heavy (non-hydrogen) atoms. The zero-order valence-electron chi connectivity index (χ0n) is 24.1. The molecule has 4 aromatic carbocycles. The summed E-state index contributed by atoms with van der Waals surface area (Å²) in [7, 11) is 0. The van der Waals surface area contributed by atoms with Gasteiger partial charge in [0.05, 0.1) is 6.61 Å². The zero-order chi connectivity index (χ0) is 29.1.